The monoisotopic (exact) mass is 274 g/mol. The van der Waals surface area contributed by atoms with Gasteiger partial charge in [0.1, 0.15) is 5.75 Å². The van der Waals surface area contributed by atoms with Crippen molar-refractivity contribution in [2.75, 3.05) is 0 Å². The van der Waals surface area contributed by atoms with Crippen LogP contribution in [0.4, 0.5) is 0 Å². The number of carbonyl (C=O) groups is 1. The Labute approximate surface area is 114 Å². The van der Waals surface area contributed by atoms with Crippen LogP contribution >= 0.6 is 0 Å². The molecule has 0 aliphatic carbocycles. The van der Waals surface area contributed by atoms with Crippen LogP contribution in [0.3, 0.4) is 0 Å². The summed E-state index contributed by atoms with van der Waals surface area (Å²) in [5.41, 5.74) is -0.341. The molecule has 1 aromatic heterocycles. The summed E-state index contributed by atoms with van der Waals surface area (Å²) < 4.78 is 7.73. The lowest BCUT2D eigenvalue weighted by Crippen LogP contribution is -2.36. The van der Waals surface area contributed by atoms with Crippen LogP contribution in [0.25, 0.3) is 0 Å². The van der Waals surface area contributed by atoms with E-state index in [-0.39, 0.29) is 11.7 Å². The molecule has 6 nitrogen and oxygen atoms in total. The molecule has 0 spiro atoms. The van der Waals surface area contributed by atoms with Crippen molar-refractivity contribution in [3.63, 3.8) is 0 Å². The topological polar surface area (TPSA) is 70.3 Å². The molecule has 0 saturated carbocycles. The van der Waals surface area contributed by atoms with Crippen molar-refractivity contribution in [3.05, 3.63) is 56.7 Å². The number of hydrogen-bond donors (Lipinski definition) is 0. The smallest absolute Gasteiger partial charge is 0.333 e. The minimum absolute atomic E-state index is 0.0440. The normalized spacial score (nSPS) is 10.3. The Bertz CT molecular complexity index is 769. The van der Waals surface area contributed by atoms with E-state index in [1.54, 1.807) is 24.3 Å². The fraction of sp³-hybridized carbons (Fsp3) is 0.214. The first-order valence-corrected chi connectivity index (χ1v) is 5.96. The van der Waals surface area contributed by atoms with Gasteiger partial charge in [-0.1, -0.05) is 0 Å². The lowest BCUT2D eigenvalue weighted by atomic mass is 10.1. The third-order valence-electron chi connectivity index (χ3n) is 2.97. The molecule has 0 atom stereocenters. The number of nitrogens with zero attached hydrogens (tertiary/aromatic N) is 2. The van der Waals surface area contributed by atoms with Crippen molar-refractivity contribution in [2.45, 2.75) is 6.92 Å². The quantitative estimate of drug-likeness (QED) is 0.785. The van der Waals surface area contributed by atoms with E-state index in [1.165, 1.54) is 31.7 Å². The van der Waals surface area contributed by atoms with Gasteiger partial charge in [-0.25, -0.2) is 4.79 Å². The largest absolute Gasteiger partial charge is 0.440 e. The summed E-state index contributed by atoms with van der Waals surface area (Å²) in [5.74, 6) is 0.546. The lowest BCUT2D eigenvalue weighted by molar-refractivity contribution is 0.101. The van der Waals surface area contributed by atoms with Gasteiger partial charge in [0, 0.05) is 19.7 Å². The number of carbonyl (C=O) groups excluding carboxylic acids is 1. The van der Waals surface area contributed by atoms with E-state index in [0.29, 0.717) is 11.3 Å². The summed E-state index contributed by atoms with van der Waals surface area (Å²) in [4.78, 5) is 34.5. The van der Waals surface area contributed by atoms with Crippen molar-refractivity contribution in [2.24, 2.45) is 14.1 Å². The molecule has 2 aromatic rings. The van der Waals surface area contributed by atoms with Gasteiger partial charge < -0.3 is 4.74 Å². The van der Waals surface area contributed by atoms with Gasteiger partial charge in [0.25, 0.3) is 5.56 Å². The molecule has 0 aliphatic rings. The minimum Gasteiger partial charge on any atom is -0.440 e. The van der Waals surface area contributed by atoms with E-state index in [1.807, 2.05) is 0 Å². The van der Waals surface area contributed by atoms with Gasteiger partial charge >= 0.3 is 5.69 Å². The molecule has 6 heteroatoms. The molecular formula is C14H14N2O4. The number of rotatable bonds is 3. The molecular weight excluding hydrogens is 260 g/mol. The van der Waals surface area contributed by atoms with Gasteiger partial charge in [0.15, 0.2) is 5.78 Å². The van der Waals surface area contributed by atoms with Crippen LogP contribution in [0.2, 0.25) is 0 Å². The molecule has 0 saturated heterocycles. The number of hydrogen-bond acceptors (Lipinski definition) is 4. The van der Waals surface area contributed by atoms with Crippen molar-refractivity contribution >= 4 is 5.78 Å². The summed E-state index contributed by atoms with van der Waals surface area (Å²) >= 11 is 0. The molecule has 2 rings (SSSR count). The van der Waals surface area contributed by atoms with E-state index in [2.05, 4.69) is 0 Å². The van der Waals surface area contributed by atoms with E-state index in [4.69, 9.17) is 4.74 Å². The molecule has 104 valence electrons. The van der Waals surface area contributed by atoms with Gasteiger partial charge in [0.2, 0.25) is 5.88 Å². The van der Waals surface area contributed by atoms with Crippen LogP contribution in [-0.4, -0.2) is 14.9 Å². The molecule has 0 amide bonds. The van der Waals surface area contributed by atoms with Crippen LogP contribution in [0.5, 0.6) is 11.6 Å². The number of ether oxygens (including phenoxy) is 1. The number of aromatic nitrogens is 2. The van der Waals surface area contributed by atoms with Crippen molar-refractivity contribution < 1.29 is 9.53 Å². The number of Topliss-reactive ketones (excluding diaryl/α,β-unsaturated/α-hetero) is 1. The highest BCUT2D eigenvalue weighted by atomic mass is 16.5. The summed E-state index contributed by atoms with van der Waals surface area (Å²) in [5, 5.41) is 0. The minimum atomic E-state index is -0.465. The molecule has 0 unspecified atom stereocenters. The van der Waals surface area contributed by atoms with E-state index >= 15 is 0 Å². The molecule has 1 heterocycles. The predicted octanol–water partition coefficient (Wildman–Crippen LogP) is 1.08. The van der Waals surface area contributed by atoms with Gasteiger partial charge in [-0.2, -0.15) is 0 Å². The molecule has 20 heavy (non-hydrogen) atoms. The predicted molar refractivity (Wildman–Crippen MR) is 73.4 cm³/mol. The van der Waals surface area contributed by atoms with Crippen LogP contribution < -0.4 is 16.0 Å². The van der Waals surface area contributed by atoms with Gasteiger partial charge in [0.05, 0.1) is 6.07 Å². The van der Waals surface area contributed by atoms with Crippen LogP contribution in [0.1, 0.15) is 17.3 Å². The Morgan fingerprint density at radius 3 is 2.20 bits per heavy atom. The Morgan fingerprint density at radius 1 is 1.05 bits per heavy atom. The Kier molecular flexibility index (Phi) is 3.56. The van der Waals surface area contributed by atoms with Gasteiger partial charge in [-0.05, 0) is 31.2 Å². The van der Waals surface area contributed by atoms with Crippen LogP contribution in [0.15, 0.2) is 39.9 Å². The van der Waals surface area contributed by atoms with Crippen molar-refractivity contribution in [1.82, 2.24) is 9.13 Å². The molecule has 1 aromatic carbocycles. The fourth-order valence-electron chi connectivity index (χ4n) is 1.69. The molecule has 0 fully saturated rings. The third kappa shape index (κ3) is 2.54. The summed E-state index contributed by atoms with van der Waals surface area (Å²) in [6.07, 6.45) is 0. The van der Waals surface area contributed by atoms with Crippen molar-refractivity contribution in [1.29, 1.82) is 0 Å². The van der Waals surface area contributed by atoms with E-state index in [9.17, 15) is 14.4 Å². The Hall–Kier alpha value is -2.63. The first-order valence-electron chi connectivity index (χ1n) is 5.96. The zero-order valence-corrected chi connectivity index (χ0v) is 11.4. The maximum absolute atomic E-state index is 11.7. The number of ketones is 1. The zero-order chi connectivity index (χ0) is 14.9. The highest BCUT2D eigenvalue weighted by Crippen LogP contribution is 2.19. The molecule has 0 radical (unpaired) electrons. The average Bonchev–Trinajstić information content (AvgIpc) is 2.43. The maximum Gasteiger partial charge on any atom is 0.333 e. The first-order chi connectivity index (χ1) is 9.40. The molecule has 0 aliphatic heterocycles. The SMILES string of the molecule is CC(=O)c1ccc(Oc2cc(=O)n(C)c(=O)n2C)cc1. The third-order valence-corrected chi connectivity index (χ3v) is 2.97. The van der Waals surface area contributed by atoms with E-state index in [0.717, 1.165) is 4.57 Å². The number of benzene rings is 1. The Morgan fingerprint density at radius 2 is 1.65 bits per heavy atom. The Balaban J connectivity index is 2.38. The first kappa shape index (κ1) is 13.8. The van der Waals surface area contributed by atoms with Crippen LogP contribution in [0, 0.1) is 0 Å². The summed E-state index contributed by atoms with van der Waals surface area (Å²) in [7, 11) is 2.91. The second-order valence-electron chi connectivity index (χ2n) is 4.40. The maximum atomic E-state index is 11.7. The van der Waals surface area contributed by atoms with Gasteiger partial charge in [-0.3, -0.25) is 18.7 Å². The second-order valence-corrected chi connectivity index (χ2v) is 4.40. The highest BCUT2D eigenvalue weighted by molar-refractivity contribution is 5.94. The lowest BCUT2D eigenvalue weighted by Gasteiger charge is -2.10. The highest BCUT2D eigenvalue weighted by Gasteiger charge is 2.08. The summed E-state index contributed by atoms with van der Waals surface area (Å²) in [6.45, 7) is 1.47. The average molecular weight is 274 g/mol. The summed E-state index contributed by atoms with van der Waals surface area (Å²) in [6, 6.07) is 7.70. The van der Waals surface area contributed by atoms with Crippen molar-refractivity contribution in [3.8, 4) is 11.6 Å². The zero-order valence-electron chi connectivity index (χ0n) is 11.4. The van der Waals surface area contributed by atoms with E-state index < -0.39 is 11.2 Å². The molecule has 0 N–H and O–H groups in total. The second kappa shape index (κ2) is 5.16. The molecule has 0 bridgehead atoms. The van der Waals surface area contributed by atoms with Crippen LogP contribution in [-0.2, 0) is 14.1 Å². The fourth-order valence-corrected chi connectivity index (χ4v) is 1.69. The standard InChI is InChI=1S/C14H14N2O4/c1-9(17)10-4-6-11(7-5-10)20-13-8-12(18)15(2)14(19)16(13)3/h4-8H,1-3H3. The van der Waals surface area contributed by atoms with Gasteiger partial charge in [-0.15, -0.1) is 0 Å².